The topological polar surface area (TPSA) is 60.2 Å². The van der Waals surface area contributed by atoms with Crippen LogP contribution in [0.15, 0.2) is 16.7 Å². The van der Waals surface area contributed by atoms with Gasteiger partial charge >= 0.3 is 0 Å². The molecule has 0 saturated carbocycles. The normalized spacial score (nSPS) is 11.5. The fourth-order valence-corrected chi connectivity index (χ4v) is 1.83. The smallest absolute Gasteiger partial charge is 0.140 e. The van der Waals surface area contributed by atoms with E-state index in [9.17, 15) is 0 Å². The predicted octanol–water partition coefficient (Wildman–Crippen LogP) is 2.65. The van der Waals surface area contributed by atoms with E-state index >= 15 is 0 Å². The molecule has 0 radical (unpaired) electrons. The van der Waals surface area contributed by atoms with Gasteiger partial charge in [-0.15, -0.1) is 0 Å². The van der Waals surface area contributed by atoms with Crippen molar-refractivity contribution in [2.24, 2.45) is 0 Å². The predicted molar refractivity (Wildman–Crippen MR) is 70.5 cm³/mol. The van der Waals surface area contributed by atoms with Crippen molar-refractivity contribution in [2.75, 3.05) is 24.2 Å². The average molecular weight is 288 g/mol. The number of ether oxygens (including phenoxy) is 1. The summed E-state index contributed by atoms with van der Waals surface area (Å²) in [6, 6.07) is 1.82. The standard InChI is InChI=1S/C11H18BrN3O/c1-4-16-11(2,3)7-15-10-9(12)5-8(13)6-14-10/h5-6H,4,7,13H2,1-3H3,(H,14,15). The first-order valence-electron chi connectivity index (χ1n) is 5.23. The maximum Gasteiger partial charge on any atom is 0.140 e. The zero-order chi connectivity index (χ0) is 12.2. The average Bonchev–Trinajstić information content (AvgIpc) is 2.16. The van der Waals surface area contributed by atoms with E-state index < -0.39 is 0 Å². The highest BCUT2D eigenvalue weighted by atomic mass is 79.9. The summed E-state index contributed by atoms with van der Waals surface area (Å²) >= 11 is 3.41. The van der Waals surface area contributed by atoms with E-state index in [2.05, 4.69) is 26.2 Å². The van der Waals surface area contributed by atoms with Gasteiger partial charge in [0, 0.05) is 13.2 Å². The summed E-state index contributed by atoms with van der Waals surface area (Å²) in [4.78, 5) is 4.20. The molecule has 16 heavy (non-hydrogen) atoms. The molecule has 3 N–H and O–H groups in total. The van der Waals surface area contributed by atoms with Crippen LogP contribution in [-0.4, -0.2) is 23.7 Å². The van der Waals surface area contributed by atoms with E-state index in [1.807, 2.05) is 26.8 Å². The maximum atomic E-state index is 5.61. The summed E-state index contributed by atoms with van der Waals surface area (Å²) in [5.41, 5.74) is 6.04. The molecule has 0 aromatic carbocycles. The van der Waals surface area contributed by atoms with Crippen molar-refractivity contribution in [1.29, 1.82) is 0 Å². The van der Waals surface area contributed by atoms with Crippen molar-refractivity contribution in [3.05, 3.63) is 16.7 Å². The number of hydrogen-bond acceptors (Lipinski definition) is 4. The Hall–Kier alpha value is -0.810. The van der Waals surface area contributed by atoms with Crippen LogP contribution in [-0.2, 0) is 4.74 Å². The lowest BCUT2D eigenvalue weighted by atomic mass is 10.1. The van der Waals surface area contributed by atoms with Crippen LogP contribution >= 0.6 is 15.9 Å². The van der Waals surface area contributed by atoms with Gasteiger partial charge < -0.3 is 15.8 Å². The van der Waals surface area contributed by atoms with Crippen LogP contribution in [0, 0.1) is 0 Å². The first-order valence-corrected chi connectivity index (χ1v) is 6.03. The molecule has 0 unspecified atom stereocenters. The number of nitrogens with one attached hydrogen (secondary N) is 1. The van der Waals surface area contributed by atoms with E-state index in [-0.39, 0.29) is 5.60 Å². The fourth-order valence-electron chi connectivity index (χ4n) is 1.32. The molecule has 1 heterocycles. The number of anilines is 2. The lowest BCUT2D eigenvalue weighted by Gasteiger charge is -2.25. The third-order valence-electron chi connectivity index (χ3n) is 2.08. The minimum absolute atomic E-state index is 0.211. The van der Waals surface area contributed by atoms with Gasteiger partial charge in [0.05, 0.1) is 22.0 Å². The summed E-state index contributed by atoms with van der Waals surface area (Å²) in [7, 11) is 0. The molecule has 5 heteroatoms. The Bertz CT molecular complexity index is 355. The van der Waals surface area contributed by atoms with Crippen LogP contribution in [0.2, 0.25) is 0 Å². The highest BCUT2D eigenvalue weighted by Crippen LogP contribution is 2.22. The Kier molecular flexibility index (Phi) is 4.56. The van der Waals surface area contributed by atoms with Gasteiger partial charge in [0.25, 0.3) is 0 Å². The highest BCUT2D eigenvalue weighted by Gasteiger charge is 2.17. The lowest BCUT2D eigenvalue weighted by Crippen LogP contribution is -2.33. The molecule has 1 aromatic heterocycles. The molecule has 0 atom stereocenters. The summed E-state index contributed by atoms with van der Waals surface area (Å²) in [6.07, 6.45) is 1.63. The first-order chi connectivity index (χ1) is 7.44. The number of nitrogen functional groups attached to an aromatic ring is 1. The van der Waals surface area contributed by atoms with E-state index in [0.717, 1.165) is 10.3 Å². The van der Waals surface area contributed by atoms with Crippen molar-refractivity contribution < 1.29 is 4.74 Å². The Morgan fingerprint density at radius 1 is 1.56 bits per heavy atom. The van der Waals surface area contributed by atoms with Crippen LogP contribution in [0.25, 0.3) is 0 Å². The fraction of sp³-hybridized carbons (Fsp3) is 0.545. The van der Waals surface area contributed by atoms with Gasteiger partial charge in [-0.3, -0.25) is 0 Å². The molecule has 0 aliphatic heterocycles. The molecule has 90 valence electrons. The molecule has 0 aliphatic rings. The Morgan fingerprint density at radius 3 is 2.81 bits per heavy atom. The van der Waals surface area contributed by atoms with Crippen LogP contribution in [0.5, 0.6) is 0 Å². The van der Waals surface area contributed by atoms with Gasteiger partial charge in [-0.2, -0.15) is 0 Å². The molecule has 0 spiro atoms. The van der Waals surface area contributed by atoms with Gasteiger partial charge in [0.15, 0.2) is 0 Å². The second kappa shape index (κ2) is 5.50. The van der Waals surface area contributed by atoms with Gasteiger partial charge in [0.1, 0.15) is 5.82 Å². The molecule has 1 rings (SSSR count). The molecule has 0 fully saturated rings. The van der Waals surface area contributed by atoms with Gasteiger partial charge in [-0.25, -0.2) is 4.98 Å². The van der Waals surface area contributed by atoms with Crippen molar-refractivity contribution in [3.63, 3.8) is 0 Å². The summed E-state index contributed by atoms with van der Waals surface area (Å²) in [5.74, 6) is 0.780. The summed E-state index contributed by atoms with van der Waals surface area (Å²) < 4.78 is 6.45. The minimum Gasteiger partial charge on any atom is -0.397 e. The first kappa shape index (κ1) is 13.3. The Balaban J connectivity index is 2.61. The van der Waals surface area contributed by atoms with Crippen LogP contribution in [0.3, 0.4) is 0 Å². The number of halogens is 1. The maximum absolute atomic E-state index is 5.61. The molecule has 0 bridgehead atoms. The number of nitrogens with two attached hydrogens (primary N) is 1. The number of hydrogen-bond donors (Lipinski definition) is 2. The largest absolute Gasteiger partial charge is 0.397 e. The monoisotopic (exact) mass is 287 g/mol. The number of pyridine rings is 1. The zero-order valence-corrected chi connectivity index (χ0v) is 11.5. The summed E-state index contributed by atoms with van der Waals surface area (Å²) in [5, 5.41) is 3.23. The van der Waals surface area contributed by atoms with E-state index in [0.29, 0.717) is 18.8 Å². The third kappa shape index (κ3) is 3.98. The second-order valence-electron chi connectivity index (χ2n) is 4.15. The second-order valence-corrected chi connectivity index (χ2v) is 5.00. The minimum atomic E-state index is -0.211. The number of rotatable bonds is 5. The summed E-state index contributed by atoms with van der Waals surface area (Å²) in [6.45, 7) is 7.45. The third-order valence-corrected chi connectivity index (χ3v) is 2.68. The Morgan fingerprint density at radius 2 is 2.25 bits per heavy atom. The van der Waals surface area contributed by atoms with Crippen LogP contribution < -0.4 is 11.1 Å². The van der Waals surface area contributed by atoms with Crippen LogP contribution in [0.1, 0.15) is 20.8 Å². The van der Waals surface area contributed by atoms with Gasteiger partial charge in [0.2, 0.25) is 0 Å². The highest BCUT2D eigenvalue weighted by molar-refractivity contribution is 9.10. The SMILES string of the molecule is CCOC(C)(C)CNc1ncc(N)cc1Br. The quantitative estimate of drug-likeness (QED) is 0.874. The van der Waals surface area contributed by atoms with E-state index in [4.69, 9.17) is 10.5 Å². The molecule has 0 saturated heterocycles. The van der Waals surface area contributed by atoms with Crippen LogP contribution in [0.4, 0.5) is 11.5 Å². The van der Waals surface area contributed by atoms with Gasteiger partial charge in [-0.1, -0.05) is 0 Å². The van der Waals surface area contributed by atoms with E-state index in [1.165, 1.54) is 0 Å². The molecular weight excluding hydrogens is 270 g/mol. The lowest BCUT2D eigenvalue weighted by molar-refractivity contribution is 0.000635. The number of aromatic nitrogens is 1. The van der Waals surface area contributed by atoms with E-state index in [1.54, 1.807) is 6.20 Å². The van der Waals surface area contributed by atoms with Crippen molar-refractivity contribution in [2.45, 2.75) is 26.4 Å². The zero-order valence-electron chi connectivity index (χ0n) is 9.88. The molecule has 1 aromatic rings. The molecule has 0 aliphatic carbocycles. The Labute approximate surface area is 105 Å². The van der Waals surface area contributed by atoms with Crippen molar-refractivity contribution in [1.82, 2.24) is 4.98 Å². The number of nitrogens with zero attached hydrogens (tertiary/aromatic N) is 1. The molecule has 0 amide bonds. The van der Waals surface area contributed by atoms with Crippen molar-refractivity contribution in [3.8, 4) is 0 Å². The van der Waals surface area contributed by atoms with Gasteiger partial charge in [-0.05, 0) is 42.8 Å². The molecular formula is C11H18BrN3O. The van der Waals surface area contributed by atoms with Crippen molar-refractivity contribution >= 4 is 27.4 Å². The molecule has 4 nitrogen and oxygen atoms in total.